The van der Waals surface area contributed by atoms with E-state index in [0.717, 1.165) is 17.7 Å². The molecule has 3 aromatic rings. The Kier molecular flexibility index (Phi) is 8.53. The molecule has 0 fully saturated rings. The Bertz CT molecular complexity index is 1050. The summed E-state index contributed by atoms with van der Waals surface area (Å²) in [7, 11) is 4.87. The molecule has 32 heavy (non-hydrogen) atoms. The lowest BCUT2D eigenvalue weighted by atomic mass is 10.1. The van der Waals surface area contributed by atoms with Crippen molar-refractivity contribution in [3.63, 3.8) is 0 Å². The number of hydrogen-bond donors (Lipinski definition) is 1. The zero-order valence-electron chi connectivity index (χ0n) is 18.3. The van der Waals surface area contributed by atoms with Gasteiger partial charge in [0.1, 0.15) is 5.75 Å². The van der Waals surface area contributed by atoms with Crippen molar-refractivity contribution in [2.75, 3.05) is 33.2 Å². The Labute approximate surface area is 199 Å². The number of ether oxygens (including phenoxy) is 3. The van der Waals surface area contributed by atoms with Crippen molar-refractivity contribution in [3.05, 3.63) is 77.1 Å². The zero-order chi connectivity index (χ0) is 22.9. The molecule has 1 heterocycles. The number of anilines is 1. The SMILES string of the molecule is COc1ccc(Cl)cc1NC(=S)N(CCc1ccc(OC)c(OC)c1)Cc1ccccn1. The van der Waals surface area contributed by atoms with Crippen LogP contribution in [-0.4, -0.2) is 42.9 Å². The lowest BCUT2D eigenvalue weighted by Crippen LogP contribution is -2.36. The number of thiocarbonyl (C=S) groups is 1. The van der Waals surface area contributed by atoms with Gasteiger partial charge in [0.2, 0.25) is 0 Å². The Balaban J connectivity index is 1.79. The van der Waals surface area contributed by atoms with Gasteiger partial charge in [-0.2, -0.15) is 0 Å². The molecule has 0 bridgehead atoms. The molecule has 2 aromatic carbocycles. The quantitative estimate of drug-likeness (QED) is 0.430. The molecule has 0 saturated carbocycles. The van der Waals surface area contributed by atoms with Crippen LogP contribution in [0.3, 0.4) is 0 Å². The molecule has 0 aliphatic rings. The summed E-state index contributed by atoms with van der Waals surface area (Å²) in [5, 5.41) is 4.42. The molecule has 0 atom stereocenters. The van der Waals surface area contributed by atoms with Gasteiger partial charge >= 0.3 is 0 Å². The van der Waals surface area contributed by atoms with E-state index in [1.54, 1.807) is 45.7 Å². The highest BCUT2D eigenvalue weighted by Crippen LogP contribution is 2.29. The normalized spacial score (nSPS) is 10.4. The van der Waals surface area contributed by atoms with Crippen LogP contribution in [-0.2, 0) is 13.0 Å². The number of rotatable bonds is 9. The second-order valence-corrected chi connectivity index (χ2v) is 7.78. The van der Waals surface area contributed by atoms with E-state index in [2.05, 4.69) is 15.2 Å². The highest BCUT2D eigenvalue weighted by atomic mass is 35.5. The Morgan fingerprint density at radius 3 is 2.41 bits per heavy atom. The smallest absolute Gasteiger partial charge is 0.173 e. The summed E-state index contributed by atoms with van der Waals surface area (Å²) in [5.74, 6) is 2.06. The summed E-state index contributed by atoms with van der Waals surface area (Å²) in [6, 6.07) is 17.1. The minimum absolute atomic E-state index is 0.552. The summed E-state index contributed by atoms with van der Waals surface area (Å²) < 4.78 is 16.2. The van der Waals surface area contributed by atoms with E-state index in [0.29, 0.717) is 46.2 Å². The Hall–Kier alpha value is -3.03. The van der Waals surface area contributed by atoms with E-state index in [-0.39, 0.29) is 0 Å². The van der Waals surface area contributed by atoms with E-state index in [1.807, 2.05) is 36.4 Å². The van der Waals surface area contributed by atoms with Crippen LogP contribution in [0.1, 0.15) is 11.3 Å². The standard InChI is InChI=1S/C24H26ClN3O3S/c1-29-21-10-8-18(25)15-20(21)27-24(32)28(16-19-6-4-5-12-26-19)13-11-17-7-9-22(30-2)23(14-17)31-3/h4-10,12,14-15H,11,13,16H2,1-3H3,(H,27,32). The summed E-state index contributed by atoms with van der Waals surface area (Å²) >= 11 is 11.9. The number of benzene rings is 2. The molecular formula is C24H26ClN3O3S. The average Bonchev–Trinajstić information content (AvgIpc) is 2.82. The lowest BCUT2D eigenvalue weighted by molar-refractivity contribution is 0.354. The minimum Gasteiger partial charge on any atom is -0.495 e. The number of nitrogens with zero attached hydrogens (tertiary/aromatic N) is 2. The van der Waals surface area contributed by atoms with Gasteiger partial charge in [0.05, 0.1) is 39.3 Å². The zero-order valence-corrected chi connectivity index (χ0v) is 19.9. The van der Waals surface area contributed by atoms with E-state index < -0.39 is 0 Å². The van der Waals surface area contributed by atoms with Gasteiger partial charge < -0.3 is 24.4 Å². The molecule has 0 spiro atoms. The van der Waals surface area contributed by atoms with Crippen molar-refractivity contribution in [1.29, 1.82) is 0 Å². The second kappa shape index (κ2) is 11.5. The molecular weight excluding hydrogens is 446 g/mol. The predicted octanol–water partition coefficient (Wildman–Crippen LogP) is 5.20. The first-order chi connectivity index (χ1) is 15.5. The fourth-order valence-corrected chi connectivity index (χ4v) is 3.65. The van der Waals surface area contributed by atoms with Crippen molar-refractivity contribution in [1.82, 2.24) is 9.88 Å². The summed E-state index contributed by atoms with van der Waals surface area (Å²) in [6.45, 7) is 1.23. The van der Waals surface area contributed by atoms with Crippen molar-refractivity contribution >= 4 is 34.6 Å². The molecule has 1 aromatic heterocycles. The Morgan fingerprint density at radius 1 is 0.969 bits per heavy atom. The molecule has 0 radical (unpaired) electrons. The first-order valence-electron chi connectivity index (χ1n) is 10.0. The lowest BCUT2D eigenvalue weighted by Gasteiger charge is -2.26. The third-order valence-electron chi connectivity index (χ3n) is 4.89. The third-order valence-corrected chi connectivity index (χ3v) is 5.48. The van der Waals surface area contributed by atoms with Gasteiger partial charge in [-0.1, -0.05) is 23.7 Å². The molecule has 0 aliphatic heterocycles. The fraction of sp³-hybridized carbons (Fsp3) is 0.250. The number of nitrogens with one attached hydrogen (secondary N) is 1. The molecule has 0 aliphatic carbocycles. The molecule has 3 rings (SSSR count). The van der Waals surface area contributed by atoms with Gasteiger partial charge in [-0.05, 0) is 66.7 Å². The Morgan fingerprint density at radius 2 is 1.72 bits per heavy atom. The van der Waals surface area contributed by atoms with Crippen LogP contribution in [0.2, 0.25) is 5.02 Å². The number of aromatic nitrogens is 1. The van der Waals surface area contributed by atoms with Gasteiger partial charge in [0.25, 0.3) is 0 Å². The topological polar surface area (TPSA) is 55.9 Å². The van der Waals surface area contributed by atoms with Crippen LogP contribution in [0.4, 0.5) is 5.69 Å². The molecule has 8 heteroatoms. The first kappa shape index (κ1) is 23.6. The number of hydrogen-bond acceptors (Lipinski definition) is 5. The van der Waals surface area contributed by atoms with Crippen LogP contribution >= 0.6 is 23.8 Å². The molecule has 1 N–H and O–H groups in total. The highest BCUT2D eigenvalue weighted by molar-refractivity contribution is 7.80. The summed E-state index contributed by atoms with van der Waals surface area (Å²) in [4.78, 5) is 6.51. The maximum absolute atomic E-state index is 6.18. The van der Waals surface area contributed by atoms with Crippen molar-refractivity contribution in [3.8, 4) is 17.2 Å². The van der Waals surface area contributed by atoms with E-state index in [9.17, 15) is 0 Å². The van der Waals surface area contributed by atoms with Gasteiger partial charge in [0.15, 0.2) is 16.6 Å². The van der Waals surface area contributed by atoms with Gasteiger partial charge in [-0.3, -0.25) is 4.98 Å². The van der Waals surface area contributed by atoms with E-state index >= 15 is 0 Å². The van der Waals surface area contributed by atoms with Gasteiger partial charge in [-0.15, -0.1) is 0 Å². The fourth-order valence-electron chi connectivity index (χ4n) is 3.21. The van der Waals surface area contributed by atoms with E-state index in [4.69, 9.17) is 38.0 Å². The third kappa shape index (κ3) is 6.24. The second-order valence-electron chi connectivity index (χ2n) is 6.96. The van der Waals surface area contributed by atoms with Crippen LogP contribution in [0, 0.1) is 0 Å². The minimum atomic E-state index is 0.552. The van der Waals surface area contributed by atoms with Crippen molar-refractivity contribution in [2.45, 2.75) is 13.0 Å². The summed E-state index contributed by atoms with van der Waals surface area (Å²) in [6.07, 6.45) is 2.53. The molecule has 168 valence electrons. The number of methoxy groups -OCH3 is 3. The van der Waals surface area contributed by atoms with Crippen LogP contribution in [0.15, 0.2) is 60.8 Å². The number of halogens is 1. The van der Waals surface area contributed by atoms with Gasteiger partial charge in [-0.25, -0.2) is 0 Å². The van der Waals surface area contributed by atoms with Crippen molar-refractivity contribution < 1.29 is 14.2 Å². The highest BCUT2D eigenvalue weighted by Gasteiger charge is 2.15. The van der Waals surface area contributed by atoms with Crippen LogP contribution in [0.25, 0.3) is 0 Å². The maximum Gasteiger partial charge on any atom is 0.173 e. The maximum atomic E-state index is 6.18. The van der Waals surface area contributed by atoms with Crippen molar-refractivity contribution in [2.24, 2.45) is 0 Å². The van der Waals surface area contributed by atoms with Crippen LogP contribution < -0.4 is 19.5 Å². The van der Waals surface area contributed by atoms with Crippen LogP contribution in [0.5, 0.6) is 17.2 Å². The average molecular weight is 472 g/mol. The monoisotopic (exact) mass is 471 g/mol. The summed E-state index contributed by atoms with van der Waals surface area (Å²) in [5.41, 5.74) is 2.74. The van der Waals surface area contributed by atoms with E-state index in [1.165, 1.54) is 0 Å². The molecule has 0 saturated heterocycles. The molecule has 6 nitrogen and oxygen atoms in total. The molecule has 0 unspecified atom stereocenters. The largest absolute Gasteiger partial charge is 0.495 e. The predicted molar refractivity (Wildman–Crippen MR) is 132 cm³/mol. The van der Waals surface area contributed by atoms with Gasteiger partial charge in [0, 0.05) is 17.8 Å². The molecule has 0 amide bonds. The first-order valence-corrected chi connectivity index (χ1v) is 10.8. The number of pyridine rings is 1.